The van der Waals surface area contributed by atoms with Crippen molar-refractivity contribution in [2.75, 3.05) is 11.9 Å². The van der Waals surface area contributed by atoms with Crippen LogP contribution in [-0.4, -0.2) is 30.3 Å². The summed E-state index contributed by atoms with van der Waals surface area (Å²) in [5.41, 5.74) is -3.18. The van der Waals surface area contributed by atoms with Crippen molar-refractivity contribution >= 4 is 39.8 Å². The maximum absolute atomic E-state index is 14.4. The third-order valence-corrected chi connectivity index (χ3v) is 6.30. The van der Waals surface area contributed by atoms with Crippen LogP contribution in [0.5, 0.6) is 0 Å². The number of benzene rings is 1. The number of halogens is 4. The molecule has 164 valence electrons. The Balaban J connectivity index is 2.10. The van der Waals surface area contributed by atoms with Crippen LogP contribution in [0.25, 0.3) is 0 Å². The molecule has 2 N–H and O–H groups in total. The van der Waals surface area contributed by atoms with Crippen molar-refractivity contribution in [3.8, 4) is 6.07 Å². The SMILES string of the molecule is CCOC(=O)C(NC(=O)c1ccccc1Cl)(Nc1sc2c(c1C#N)CCC2)C(F)(F)F. The van der Waals surface area contributed by atoms with Gasteiger partial charge in [0, 0.05) is 4.88 Å². The number of hydrogen-bond donors (Lipinski definition) is 2. The predicted molar refractivity (Wildman–Crippen MR) is 109 cm³/mol. The Labute approximate surface area is 185 Å². The number of carbonyl (C=O) groups excluding carboxylic acids is 2. The number of nitrogens with one attached hydrogen (secondary N) is 2. The summed E-state index contributed by atoms with van der Waals surface area (Å²) in [4.78, 5) is 26.1. The van der Waals surface area contributed by atoms with Crippen molar-refractivity contribution in [1.29, 1.82) is 5.26 Å². The molecule has 0 radical (unpaired) electrons. The third kappa shape index (κ3) is 4.20. The van der Waals surface area contributed by atoms with Gasteiger partial charge in [-0.15, -0.1) is 11.3 Å². The lowest BCUT2D eigenvalue weighted by atomic mass is 10.1. The van der Waals surface area contributed by atoms with Gasteiger partial charge in [0.05, 0.1) is 22.8 Å². The fourth-order valence-corrected chi connectivity index (χ4v) is 4.81. The molecule has 1 heterocycles. The zero-order chi connectivity index (χ0) is 22.8. The summed E-state index contributed by atoms with van der Waals surface area (Å²) in [5.74, 6) is -2.98. The van der Waals surface area contributed by atoms with Crippen molar-refractivity contribution in [3.63, 3.8) is 0 Å². The summed E-state index contributed by atoms with van der Waals surface area (Å²) in [5, 5.41) is 13.1. The first-order valence-electron chi connectivity index (χ1n) is 9.28. The van der Waals surface area contributed by atoms with Crippen LogP contribution in [0, 0.1) is 11.3 Å². The van der Waals surface area contributed by atoms with Gasteiger partial charge < -0.3 is 15.4 Å². The number of hydrogen-bond acceptors (Lipinski definition) is 6. The normalized spacial score (nSPS) is 14.8. The molecule has 0 saturated carbocycles. The molecule has 1 aliphatic carbocycles. The van der Waals surface area contributed by atoms with E-state index in [1.165, 1.54) is 31.2 Å². The number of ether oxygens (including phenoxy) is 1. The number of alkyl halides is 3. The fourth-order valence-electron chi connectivity index (χ4n) is 3.29. The van der Waals surface area contributed by atoms with E-state index in [9.17, 15) is 28.0 Å². The lowest BCUT2D eigenvalue weighted by Gasteiger charge is -2.35. The van der Waals surface area contributed by atoms with Crippen molar-refractivity contribution in [2.24, 2.45) is 0 Å². The third-order valence-electron chi connectivity index (χ3n) is 4.76. The van der Waals surface area contributed by atoms with Crippen molar-refractivity contribution < 1.29 is 27.5 Å². The molecule has 3 rings (SSSR count). The van der Waals surface area contributed by atoms with E-state index in [1.54, 1.807) is 5.32 Å². The standard InChI is InChI=1S/C20H17ClF3N3O3S/c1-2-30-18(29)19(20(22,23)24,26-16(28)12-6-3-4-8-14(12)21)27-17-13(10-25)11-7-5-9-15(11)31-17/h3-4,6,8,27H,2,5,7,9H2,1H3,(H,26,28). The average Bonchev–Trinajstić information content (AvgIpc) is 3.27. The second-order valence-corrected chi connectivity index (χ2v) is 8.21. The molecule has 1 amide bonds. The molecule has 6 nitrogen and oxygen atoms in total. The molecule has 1 atom stereocenters. The molecule has 11 heteroatoms. The Morgan fingerprint density at radius 1 is 1.29 bits per heavy atom. The monoisotopic (exact) mass is 471 g/mol. The molecule has 0 aliphatic heterocycles. The van der Waals surface area contributed by atoms with Crippen molar-refractivity contribution in [3.05, 3.63) is 50.9 Å². The van der Waals surface area contributed by atoms with E-state index in [0.29, 0.717) is 18.4 Å². The molecule has 1 unspecified atom stereocenters. The van der Waals surface area contributed by atoms with Gasteiger partial charge in [-0.3, -0.25) is 4.79 Å². The van der Waals surface area contributed by atoms with Gasteiger partial charge in [0.2, 0.25) is 0 Å². The average molecular weight is 472 g/mol. The largest absolute Gasteiger partial charge is 0.463 e. The van der Waals surface area contributed by atoms with E-state index < -0.39 is 23.7 Å². The fraction of sp³-hybridized carbons (Fsp3) is 0.350. The molecule has 0 spiro atoms. The van der Waals surface area contributed by atoms with E-state index in [2.05, 4.69) is 10.1 Å². The number of rotatable bonds is 6. The summed E-state index contributed by atoms with van der Waals surface area (Å²) >= 11 is 6.90. The van der Waals surface area contributed by atoms with Crippen LogP contribution in [0.1, 0.15) is 39.7 Å². The van der Waals surface area contributed by atoms with Crippen LogP contribution in [0.2, 0.25) is 5.02 Å². The lowest BCUT2D eigenvalue weighted by Crippen LogP contribution is -2.69. The van der Waals surface area contributed by atoms with Crippen LogP contribution in [0.3, 0.4) is 0 Å². The predicted octanol–water partition coefficient (Wildman–Crippen LogP) is 4.43. The number of anilines is 1. The molecular formula is C20H17ClF3N3O3S. The van der Waals surface area contributed by atoms with Gasteiger partial charge in [-0.05, 0) is 43.9 Å². The Morgan fingerprint density at radius 2 is 2.00 bits per heavy atom. The first-order valence-corrected chi connectivity index (χ1v) is 10.5. The maximum atomic E-state index is 14.4. The van der Waals surface area contributed by atoms with Crippen molar-refractivity contribution in [2.45, 2.75) is 38.0 Å². The first kappa shape index (κ1) is 22.9. The van der Waals surface area contributed by atoms with Gasteiger partial charge in [0.15, 0.2) is 0 Å². The van der Waals surface area contributed by atoms with Crippen LogP contribution in [0.4, 0.5) is 18.2 Å². The summed E-state index contributed by atoms with van der Waals surface area (Å²) in [6, 6.07) is 7.40. The summed E-state index contributed by atoms with van der Waals surface area (Å²) in [6.45, 7) is 0.988. The van der Waals surface area contributed by atoms with E-state index in [4.69, 9.17) is 11.6 Å². The summed E-state index contributed by atoms with van der Waals surface area (Å²) in [7, 11) is 0. The minimum Gasteiger partial charge on any atom is -0.463 e. The topological polar surface area (TPSA) is 91.2 Å². The quantitative estimate of drug-likeness (QED) is 0.480. The molecule has 1 aliphatic rings. The van der Waals surface area contributed by atoms with Crippen LogP contribution < -0.4 is 10.6 Å². The molecule has 1 aromatic heterocycles. The van der Waals surface area contributed by atoms with E-state index in [-0.39, 0.29) is 27.8 Å². The lowest BCUT2D eigenvalue weighted by molar-refractivity contribution is -0.204. The Morgan fingerprint density at radius 3 is 2.61 bits per heavy atom. The van der Waals surface area contributed by atoms with E-state index in [1.807, 2.05) is 6.07 Å². The number of fused-ring (bicyclic) bond motifs is 1. The van der Waals surface area contributed by atoms with Gasteiger partial charge in [-0.1, -0.05) is 23.7 Å². The molecule has 1 aromatic carbocycles. The summed E-state index contributed by atoms with van der Waals surface area (Å²) < 4.78 is 47.8. The Hall–Kier alpha value is -2.77. The highest BCUT2D eigenvalue weighted by atomic mass is 35.5. The number of nitrogens with zero attached hydrogens (tertiary/aromatic N) is 1. The molecule has 0 saturated heterocycles. The smallest absolute Gasteiger partial charge is 0.441 e. The summed E-state index contributed by atoms with van der Waals surface area (Å²) in [6.07, 6.45) is -3.33. The molecule has 0 bridgehead atoms. The van der Waals surface area contributed by atoms with Crippen LogP contribution in [-0.2, 0) is 22.4 Å². The molecule has 2 aromatic rings. The number of nitriles is 1. The van der Waals surface area contributed by atoms with E-state index in [0.717, 1.165) is 22.6 Å². The number of thiophene rings is 1. The zero-order valence-electron chi connectivity index (χ0n) is 16.2. The highest BCUT2D eigenvalue weighted by Crippen LogP contribution is 2.42. The minimum absolute atomic E-state index is 0.0300. The second-order valence-electron chi connectivity index (χ2n) is 6.70. The molecule has 31 heavy (non-hydrogen) atoms. The van der Waals surface area contributed by atoms with Crippen molar-refractivity contribution in [1.82, 2.24) is 5.32 Å². The zero-order valence-corrected chi connectivity index (χ0v) is 17.8. The maximum Gasteiger partial charge on any atom is 0.441 e. The Bertz CT molecular complexity index is 1060. The Kier molecular flexibility index (Phi) is 6.48. The van der Waals surface area contributed by atoms with Gasteiger partial charge >= 0.3 is 17.8 Å². The van der Waals surface area contributed by atoms with Gasteiger partial charge in [0.25, 0.3) is 5.91 Å². The first-order chi connectivity index (χ1) is 14.6. The number of aryl methyl sites for hydroxylation is 1. The van der Waals surface area contributed by atoms with Crippen LogP contribution >= 0.6 is 22.9 Å². The highest BCUT2D eigenvalue weighted by molar-refractivity contribution is 7.16. The highest BCUT2D eigenvalue weighted by Gasteiger charge is 2.64. The number of carbonyl (C=O) groups is 2. The van der Waals surface area contributed by atoms with Gasteiger partial charge in [-0.2, -0.15) is 18.4 Å². The molecular weight excluding hydrogens is 455 g/mol. The number of amides is 1. The minimum atomic E-state index is -5.31. The second kappa shape index (κ2) is 8.77. The van der Waals surface area contributed by atoms with Gasteiger partial charge in [0.1, 0.15) is 11.1 Å². The number of esters is 1. The van der Waals surface area contributed by atoms with Gasteiger partial charge in [-0.25, -0.2) is 4.79 Å². The molecule has 0 fully saturated rings. The van der Waals surface area contributed by atoms with Crippen LogP contribution in [0.15, 0.2) is 24.3 Å². The van der Waals surface area contributed by atoms with E-state index >= 15 is 0 Å².